The van der Waals surface area contributed by atoms with E-state index in [-0.39, 0.29) is 18.7 Å². The maximum Gasteiger partial charge on any atom is 0.251 e. The van der Waals surface area contributed by atoms with Gasteiger partial charge < -0.3 is 19.3 Å². The molecule has 0 spiro atoms. The van der Waals surface area contributed by atoms with E-state index < -0.39 is 0 Å². The number of nitrogens with zero attached hydrogens (tertiary/aromatic N) is 1. The molecule has 1 amide bonds. The molecule has 2 aromatic rings. The lowest BCUT2D eigenvalue weighted by atomic mass is 9.89. The number of likely N-dealkylation sites (tertiary alicyclic amines) is 1. The molecule has 144 valence electrons. The third-order valence-corrected chi connectivity index (χ3v) is 6.13. The van der Waals surface area contributed by atoms with Crippen LogP contribution in [0.25, 0.3) is 6.08 Å². The molecule has 3 atom stereocenters. The zero-order valence-corrected chi connectivity index (χ0v) is 16.3. The molecular formula is C23H25N2O3+. The van der Waals surface area contributed by atoms with Gasteiger partial charge in [-0.1, -0.05) is 23.8 Å². The standard InChI is InChI=1S/C23H24N2O3/c1-15-3-6-19-17(11-15)18-13-24(2)10-9-20(18)25(19)23(26)8-5-16-4-7-21-22(12-16)28-14-27-21/h3-8,11-12,18,20H,9-10,13-14H2,1-2H3/p+1/b8-5+/t18-,20+/m0/s1. The molecule has 1 N–H and O–H groups in total. The molecule has 0 aliphatic carbocycles. The molecule has 1 fully saturated rings. The second-order valence-electron chi connectivity index (χ2n) is 8.09. The van der Waals surface area contributed by atoms with Crippen LogP contribution >= 0.6 is 0 Å². The smallest absolute Gasteiger partial charge is 0.251 e. The number of amides is 1. The maximum atomic E-state index is 13.2. The summed E-state index contributed by atoms with van der Waals surface area (Å²) in [4.78, 5) is 16.8. The molecule has 3 aliphatic heterocycles. The predicted octanol–water partition coefficient (Wildman–Crippen LogP) is 2.15. The minimum Gasteiger partial charge on any atom is -0.454 e. The zero-order chi connectivity index (χ0) is 19.3. The minimum absolute atomic E-state index is 0.0508. The Morgan fingerprint density at radius 2 is 2.04 bits per heavy atom. The van der Waals surface area contributed by atoms with Crippen LogP contribution in [0.5, 0.6) is 11.5 Å². The summed E-state index contributed by atoms with van der Waals surface area (Å²) >= 11 is 0. The number of likely N-dealkylation sites (N-methyl/N-ethyl adjacent to an activating group) is 1. The van der Waals surface area contributed by atoms with Crippen LogP contribution in [0.2, 0.25) is 0 Å². The molecule has 1 saturated heterocycles. The van der Waals surface area contributed by atoms with E-state index in [2.05, 4.69) is 32.2 Å². The number of piperidine rings is 1. The maximum absolute atomic E-state index is 13.2. The Bertz CT molecular complexity index is 968. The molecule has 5 rings (SSSR count). The SMILES string of the molecule is Cc1ccc2c(c1)[C@@H]1C[NH+](C)CC[C@H]1N2C(=O)/C=C/c1ccc2c(c1)OCO2. The van der Waals surface area contributed by atoms with Crippen molar-refractivity contribution in [3.8, 4) is 11.5 Å². The molecular weight excluding hydrogens is 352 g/mol. The molecule has 3 heterocycles. The number of hydrogen-bond donors (Lipinski definition) is 1. The Hall–Kier alpha value is -2.79. The van der Waals surface area contributed by atoms with Gasteiger partial charge in [0, 0.05) is 18.2 Å². The van der Waals surface area contributed by atoms with Crippen molar-refractivity contribution in [2.45, 2.75) is 25.3 Å². The highest BCUT2D eigenvalue weighted by Crippen LogP contribution is 2.43. The Morgan fingerprint density at radius 3 is 2.93 bits per heavy atom. The highest BCUT2D eigenvalue weighted by molar-refractivity contribution is 6.06. The van der Waals surface area contributed by atoms with Crippen molar-refractivity contribution in [3.05, 3.63) is 59.2 Å². The summed E-state index contributed by atoms with van der Waals surface area (Å²) in [5, 5.41) is 0. The fourth-order valence-electron chi connectivity index (χ4n) is 4.75. The van der Waals surface area contributed by atoms with Crippen molar-refractivity contribution in [2.24, 2.45) is 0 Å². The van der Waals surface area contributed by atoms with Gasteiger partial charge in [0.1, 0.15) is 0 Å². The first-order valence-electron chi connectivity index (χ1n) is 9.93. The van der Waals surface area contributed by atoms with Crippen LogP contribution in [0.1, 0.15) is 29.0 Å². The van der Waals surface area contributed by atoms with E-state index in [1.807, 2.05) is 29.2 Å². The van der Waals surface area contributed by atoms with E-state index >= 15 is 0 Å². The zero-order valence-electron chi connectivity index (χ0n) is 16.3. The van der Waals surface area contributed by atoms with Crippen molar-refractivity contribution < 1.29 is 19.2 Å². The van der Waals surface area contributed by atoms with Gasteiger partial charge in [0.25, 0.3) is 5.91 Å². The first kappa shape index (κ1) is 17.3. The Kier molecular flexibility index (Phi) is 4.13. The van der Waals surface area contributed by atoms with Gasteiger partial charge in [0.15, 0.2) is 11.5 Å². The Balaban J connectivity index is 1.44. The monoisotopic (exact) mass is 377 g/mol. The van der Waals surface area contributed by atoms with Gasteiger partial charge in [-0.05, 0) is 42.3 Å². The first-order chi connectivity index (χ1) is 13.6. The molecule has 1 unspecified atom stereocenters. The predicted molar refractivity (Wildman–Crippen MR) is 108 cm³/mol. The fraction of sp³-hybridized carbons (Fsp3) is 0.348. The summed E-state index contributed by atoms with van der Waals surface area (Å²) in [5.41, 5.74) is 4.60. The summed E-state index contributed by atoms with van der Waals surface area (Å²) in [6.07, 6.45) is 4.59. The van der Waals surface area contributed by atoms with Crippen LogP contribution < -0.4 is 19.3 Å². The number of anilines is 1. The van der Waals surface area contributed by atoms with Gasteiger partial charge in [-0.25, -0.2) is 0 Å². The van der Waals surface area contributed by atoms with Gasteiger partial charge in [0.2, 0.25) is 6.79 Å². The molecule has 0 bridgehead atoms. The van der Waals surface area contributed by atoms with Gasteiger partial charge >= 0.3 is 0 Å². The number of benzene rings is 2. The number of aryl methyl sites for hydroxylation is 1. The largest absolute Gasteiger partial charge is 0.454 e. The molecule has 28 heavy (non-hydrogen) atoms. The van der Waals surface area contributed by atoms with Crippen LogP contribution in [-0.2, 0) is 4.79 Å². The summed E-state index contributed by atoms with van der Waals surface area (Å²) < 4.78 is 10.8. The number of quaternary nitrogens is 1. The lowest BCUT2D eigenvalue weighted by Crippen LogP contribution is -3.11. The number of ether oxygens (including phenoxy) is 2. The minimum atomic E-state index is 0.0508. The summed E-state index contributed by atoms with van der Waals surface area (Å²) in [6, 6.07) is 12.5. The van der Waals surface area contributed by atoms with Crippen LogP contribution in [0, 0.1) is 6.92 Å². The molecule has 5 heteroatoms. The van der Waals surface area contributed by atoms with Crippen LogP contribution in [0.4, 0.5) is 5.69 Å². The molecule has 0 saturated carbocycles. The number of hydrogen-bond acceptors (Lipinski definition) is 3. The number of nitrogens with one attached hydrogen (secondary N) is 1. The summed E-state index contributed by atoms with van der Waals surface area (Å²) in [6.45, 7) is 4.56. The van der Waals surface area contributed by atoms with Crippen molar-refractivity contribution in [1.29, 1.82) is 0 Å². The summed E-state index contributed by atoms with van der Waals surface area (Å²) in [7, 11) is 2.25. The van der Waals surface area contributed by atoms with Gasteiger partial charge in [0.05, 0.1) is 32.1 Å². The third kappa shape index (κ3) is 2.87. The second-order valence-corrected chi connectivity index (χ2v) is 8.09. The average molecular weight is 377 g/mol. The van der Waals surface area contributed by atoms with Gasteiger partial charge in [-0.15, -0.1) is 0 Å². The first-order valence-corrected chi connectivity index (χ1v) is 9.93. The molecule has 2 aromatic carbocycles. The van der Waals surface area contributed by atoms with Crippen LogP contribution in [-0.4, -0.2) is 38.9 Å². The van der Waals surface area contributed by atoms with E-state index in [0.717, 1.165) is 42.3 Å². The molecule has 0 aromatic heterocycles. The topological polar surface area (TPSA) is 43.2 Å². The highest BCUT2D eigenvalue weighted by atomic mass is 16.7. The number of fused-ring (bicyclic) bond motifs is 4. The summed E-state index contributed by atoms with van der Waals surface area (Å²) in [5.74, 6) is 1.96. The van der Waals surface area contributed by atoms with Gasteiger partial charge in [-0.2, -0.15) is 0 Å². The number of carbonyl (C=O) groups excluding carboxylic acids is 1. The fourth-order valence-corrected chi connectivity index (χ4v) is 4.75. The van der Waals surface area contributed by atoms with E-state index in [4.69, 9.17) is 9.47 Å². The van der Waals surface area contributed by atoms with Crippen molar-refractivity contribution >= 4 is 17.7 Å². The normalized spacial score (nSPS) is 25.1. The van der Waals surface area contributed by atoms with E-state index in [9.17, 15) is 4.79 Å². The molecule has 3 aliphatic rings. The number of rotatable bonds is 2. The van der Waals surface area contributed by atoms with Crippen LogP contribution in [0.3, 0.4) is 0 Å². The van der Waals surface area contributed by atoms with Crippen molar-refractivity contribution in [3.63, 3.8) is 0 Å². The molecule has 0 radical (unpaired) electrons. The van der Waals surface area contributed by atoms with Crippen LogP contribution in [0.15, 0.2) is 42.5 Å². The number of carbonyl (C=O) groups is 1. The Labute approximate surface area is 165 Å². The van der Waals surface area contributed by atoms with Crippen molar-refractivity contribution in [1.82, 2.24) is 0 Å². The highest BCUT2D eigenvalue weighted by Gasteiger charge is 2.45. The van der Waals surface area contributed by atoms with Crippen molar-refractivity contribution in [2.75, 3.05) is 31.8 Å². The average Bonchev–Trinajstić information content (AvgIpc) is 3.27. The quantitative estimate of drug-likeness (QED) is 0.816. The third-order valence-electron chi connectivity index (χ3n) is 6.13. The molecule has 5 nitrogen and oxygen atoms in total. The van der Waals surface area contributed by atoms with E-state index in [1.54, 1.807) is 11.0 Å². The Morgan fingerprint density at radius 1 is 1.18 bits per heavy atom. The van der Waals surface area contributed by atoms with Gasteiger partial charge in [-0.3, -0.25) is 4.79 Å². The van der Waals surface area contributed by atoms with E-state index in [0.29, 0.717) is 5.92 Å². The second kappa shape index (κ2) is 6.67. The van der Waals surface area contributed by atoms with E-state index in [1.165, 1.54) is 11.1 Å². The lowest BCUT2D eigenvalue weighted by Gasteiger charge is -2.34. The lowest BCUT2D eigenvalue weighted by molar-refractivity contribution is -0.886.